The van der Waals surface area contributed by atoms with Gasteiger partial charge in [0.05, 0.1) is 12.1 Å². The van der Waals surface area contributed by atoms with E-state index in [-0.39, 0.29) is 17.5 Å². The normalized spacial score (nSPS) is 13.9. The minimum atomic E-state index is -0.583. The largest absolute Gasteiger partial charge is 0.493 e. The highest BCUT2D eigenvalue weighted by Crippen LogP contribution is 2.38. The van der Waals surface area contributed by atoms with Crippen molar-refractivity contribution in [3.8, 4) is 11.5 Å². The molecule has 1 heterocycles. The van der Waals surface area contributed by atoms with Crippen LogP contribution in [-0.2, 0) is 20.9 Å². The number of benzene rings is 3. The summed E-state index contributed by atoms with van der Waals surface area (Å²) in [5.74, 6) is 0.255. The lowest BCUT2D eigenvalue weighted by molar-refractivity contribution is -0.129. The van der Waals surface area contributed by atoms with Crippen LogP contribution in [0.3, 0.4) is 0 Å². The minimum Gasteiger partial charge on any atom is -0.493 e. The van der Waals surface area contributed by atoms with Crippen molar-refractivity contribution in [1.82, 2.24) is 0 Å². The number of methoxy groups -OCH3 is 1. The number of cyclic esters (lactones) is 1. The molecule has 0 aliphatic carbocycles. The Morgan fingerprint density at radius 2 is 1.94 bits per heavy atom. The van der Waals surface area contributed by atoms with Gasteiger partial charge in [-0.1, -0.05) is 23.7 Å². The number of carbonyl (C=O) groups is 2. The van der Waals surface area contributed by atoms with E-state index in [0.717, 1.165) is 9.13 Å². The summed E-state index contributed by atoms with van der Waals surface area (Å²) >= 11 is 8.73. The van der Waals surface area contributed by atoms with Crippen LogP contribution in [-0.4, -0.2) is 24.9 Å². The maximum atomic E-state index is 12.4. The molecular weight excluding hydrogens is 583 g/mol. The number of esters is 1. The summed E-state index contributed by atoms with van der Waals surface area (Å²) in [5.41, 5.74) is 2.96. The van der Waals surface area contributed by atoms with Crippen LogP contribution in [0.2, 0.25) is 5.02 Å². The highest BCUT2D eigenvalue weighted by Gasteiger charge is 2.24. The van der Waals surface area contributed by atoms with Crippen molar-refractivity contribution in [2.24, 2.45) is 4.99 Å². The molecule has 35 heavy (non-hydrogen) atoms. The molecular formula is C26H20ClIN2O5. The second-order valence-electron chi connectivity index (χ2n) is 7.55. The fourth-order valence-electron chi connectivity index (χ4n) is 3.34. The second kappa shape index (κ2) is 10.9. The predicted molar refractivity (Wildman–Crippen MR) is 143 cm³/mol. The molecule has 0 fully saturated rings. The third-order valence-corrected chi connectivity index (χ3v) is 5.85. The maximum Gasteiger partial charge on any atom is 0.363 e. The molecule has 0 bridgehead atoms. The Bertz CT molecular complexity index is 1350. The van der Waals surface area contributed by atoms with Gasteiger partial charge in [0.2, 0.25) is 11.8 Å². The first kappa shape index (κ1) is 24.7. The first-order chi connectivity index (χ1) is 16.8. The van der Waals surface area contributed by atoms with Crippen LogP contribution >= 0.6 is 34.2 Å². The zero-order chi connectivity index (χ0) is 24.9. The molecule has 3 aromatic carbocycles. The van der Waals surface area contributed by atoms with Gasteiger partial charge in [-0.05, 0) is 88.3 Å². The molecule has 1 aliphatic rings. The summed E-state index contributed by atoms with van der Waals surface area (Å²) in [5, 5.41) is 3.02. The molecule has 1 aliphatic heterocycles. The van der Waals surface area contributed by atoms with Crippen LogP contribution in [0.1, 0.15) is 23.6 Å². The average Bonchev–Trinajstić information content (AvgIpc) is 3.18. The Labute approximate surface area is 220 Å². The van der Waals surface area contributed by atoms with Crippen molar-refractivity contribution in [3.63, 3.8) is 0 Å². The molecule has 1 amide bonds. The molecule has 0 unspecified atom stereocenters. The third-order valence-electron chi connectivity index (χ3n) is 4.90. The Morgan fingerprint density at radius 3 is 2.63 bits per heavy atom. The number of amides is 1. The average molecular weight is 603 g/mol. The molecule has 3 aromatic rings. The number of hydrogen-bond acceptors (Lipinski definition) is 6. The highest BCUT2D eigenvalue weighted by molar-refractivity contribution is 14.1. The van der Waals surface area contributed by atoms with Crippen molar-refractivity contribution in [2.45, 2.75) is 13.5 Å². The fraction of sp³-hybridized carbons (Fsp3) is 0.115. The summed E-state index contributed by atoms with van der Waals surface area (Å²) < 4.78 is 17.8. The lowest BCUT2D eigenvalue weighted by Gasteiger charge is -2.13. The van der Waals surface area contributed by atoms with Crippen molar-refractivity contribution in [1.29, 1.82) is 0 Å². The Hall–Kier alpha value is -3.37. The Balaban J connectivity index is 1.55. The van der Waals surface area contributed by atoms with Crippen LogP contribution in [0, 0.1) is 3.57 Å². The maximum absolute atomic E-state index is 12.4. The van der Waals surface area contributed by atoms with Gasteiger partial charge in [-0.25, -0.2) is 9.79 Å². The van der Waals surface area contributed by atoms with E-state index in [4.69, 9.17) is 25.8 Å². The van der Waals surface area contributed by atoms with E-state index in [2.05, 4.69) is 32.9 Å². The van der Waals surface area contributed by atoms with E-state index in [9.17, 15) is 9.59 Å². The number of hydrogen-bond donors (Lipinski definition) is 1. The lowest BCUT2D eigenvalue weighted by Crippen LogP contribution is -2.07. The van der Waals surface area contributed by atoms with Crippen LogP contribution in [0.15, 0.2) is 71.4 Å². The molecule has 1 N–H and O–H groups in total. The highest BCUT2D eigenvalue weighted by atomic mass is 127. The van der Waals surface area contributed by atoms with Gasteiger partial charge < -0.3 is 19.5 Å². The van der Waals surface area contributed by atoms with Gasteiger partial charge in [0.15, 0.2) is 17.2 Å². The van der Waals surface area contributed by atoms with E-state index in [1.54, 1.807) is 42.5 Å². The SMILES string of the molecule is COc1cc(/C=C2\N=C(c3ccc(NC(C)=O)cc3)OC2=O)cc(Cl)c1OCc1cccc(I)c1. The Morgan fingerprint density at radius 1 is 1.17 bits per heavy atom. The Kier molecular flexibility index (Phi) is 7.72. The van der Waals surface area contributed by atoms with Crippen LogP contribution in [0.4, 0.5) is 5.69 Å². The number of nitrogens with one attached hydrogen (secondary N) is 1. The van der Waals surface area contributed by atoms with Gasteiger partial charge in [-0.3, -0.25) is 4.79 Å². The van der Waals surface area contributed by atoms with E-state index < -0.39 is 5.97 Å². The first-order valence-corrected chi connectivity index (χ1v) is 11.9. The fourth-order valence-corrected chi connectivity index (χ4v) is 4.22. The summed E-state index contributed by atoms with van der Waals surface area (Å²) in [6, 6.07) is 18.2. The van der Waals surface area contributed by atoms with Crippen molar-refractivity contribution in [3.05, 3.63) is 91.6 Å². The summed E-state index contributed by atoms with van der Waals surface area (Å²) in [6.07, 6.45) is 1.57. The topological polar surface area (TPSA) is 86.2 Å². The zero-order valence-corrected chi connectivity index (χ0v) is 21.7. The van der Waals surface area contributed by atoms with Gasteiger partial charge >= 0.3 is 5.97 Å². The summed E-state index contributed by atoms with van der Waals surface area (Å²) in [7, 11) is 1.52. The first-order valence-electron chi connectivity index (χ1n) is 10.5. The molecule has 4 rings (SSSR count). The third kappa shape index (κ3) is 6.20. The standard InChI is InChI=1S/C26H20ClIN2O5/c1-15(31)29-20-8-6-18(7-9-20)25-30-22(26(32)35-25)12-17-11-21(27)24(23(13-17)33-2)34-14-16-4-3-5-19(28)10-16/h3-13H,14H2,1-2H3,(H,29,31)/b22-12-. The van der Waals surface area contributed by atoms with Gasteiger partial charge in [0.25, 0.3) is 0 Å². The number of aliphatic imine (C=N–C) groups is 1. The number of nitrogens with zero attached hydrogens (tertiary/aromatic N) is 1. The summed E-state index contributed by atoms with van der Waals surface area (Å²) in [6.45, 7) is 1.76. The van der Waals surface area contributed by atoms with Crippen molar-refractivity contribution >= 4 is 63.7 Å². The summed E-state index contributed by atoms with van der Waals surface area (Å²) in [4.78, 5) is 27.9. The molecule has 178 valence electrons. The lowest BCUT2D eigenvalue weighted by atomic mass is 10.1. The number of halogens is 2. The van der Waals surface area contributed by atoms with Crippen LogP contribution in [0.5, 0.6) is 11.5 Å². The van der Waals surface area contributed by atoms with Gasteiger partial charge in [-0.2, -0.15) is 0 Å². The van der Waals surface area contributed by atoms with Crippen molar-refractivity contribution in [2.75, 3.05) is 12.4 Å². The van der Waals surface area contributed by atoms with E-state index in [0.29, 0.717) is 39.9 Å². The van der Waals surface area contributed by atoms with Crippen LogP contribution in [0.25, 0.3) is 6.08 Å². The van der Waals surface area contributed by atoms with Gasteiger partial charge in [0, 0.05) is 21.7 Å². The molecule has 0 saturated heterocycles. The van der Waals surface area contributed by atoms with E-state index in [1.807, 2.05) is 24.3 Å². The molecule has 0 spiro atoms. The van der Waals surface area contributed by atoms with E-state index in [1.165, 1.54) is 14.0 Å². The molecule has 0 atom stereocenters. The number of rotatable bonds is 7. The smallest absolute Gasteiger partial charge is 0.363 e. The van der Waals surface area contributed by atoms with E-state index >= 15 is 0 Å². The van der Waals surface area contributed by atoms with Crippen molar-refractivity contribution < 1.29 is 23.8 Å². The van der Waals surface area contributed by atoms with Gasteiger partial charge in [-0.15, -0.1) is 0 Å². The number of anilines is 1. The minimum absolute atomic E-state index is 0.122. The van der Waals surface area contributed by atoms with Gasteiger partial charge in [0.1, 0.15) is 6.61 Å². The molecule has 0 radical (unpaired) electrons. The molecule has 0 saturated carbocycles. The molecule has 0 aromatic heterocycles. The zero-order valence-electron chi connectivity index (χ0n) is 18.8. The quantitative estimate of drug-likeness (QED) is 0.209. The molecule has 9 heteroatoms. The number of ether oxygens (including phenoxy) is 3. The molecule has 7 nitrogen and oxygen atoms in total. The second-order valence-corrected chi connectivity index (χ2v) is 9.20. The number of carbonyl (C=O) groups excluding carboxylic acids is 2. The van der Waals surface area contributed by atoms with Crippen LogP contribution < -0.4 is 14.8 Å². The monoisotopic (exact) mass is 602 g/mol. The predicted octanol–water partition coefficient (Wildman–Crippen LogP) is 5.84.